The van der Waals surface area contributed by atoms with E-state index in [1.165, 1.54) is 0 Å². The summed E-state index contributed by atoms with van der Waals surface area (Å²) in [4.78, 5) is 52.6. The standard InChI is InChI=1S/C51H43N7O6/c59-29-30-63-38-20-11-18-36(32-38)47-51(39-31-33(23-24-40(39)54-50(51)62)13-12-28-57-42-22-8-7-21-41(42)55-56-57)43(48(60)53-27-25-37-19-9-10-26-52-37)45-49(61)64-46(35-16-5-2-6-17-35)44(58(45)47)34-14-3-1-4-15-34/h1-11,14-24,26,31-32,43-47,59H,25,27-30H2,(H,53,60)(H,54,62)/t43-,44-,45-,46+,47+,51-/m1/s1. The normalized spacial score (nSPS) is 22.2. The SMILES string of the molecule is O=C1O[C@@H](c2ccccc2)[C@@H](c2ccccc2)N2[C@@H](c3cccc(OCCO)c3)[C@]3(C(=O)Nc4ccc(C#CCn5nnc6ccccc65)cc43)[C@@H](C(=O)NCCc3ccccn3)[C@H]12. The number of rotatable bonds is 11. The Labute approximate surface area is 369 Å². The maximum absolute atomic E-state index is 15.6. The summed E-state index contributed by atoms with van der Waals surface area (Å²) in [5.74, 6) is 4.11. The van der Waals surface area contributed by atoms with E-state index >= 15 is 14.4 Å². The fourth-order valence-electron chi connectivity index (χ4n) is 9.83. The lowest BCUT2D eigenvalue weighted by atomic mass is 9.65. The van der Waals surface area contributed by atoms with Gasteiger partial charge in [0.1, 0.15) is 42.0 Å². The zero-order chi connectivity index (χ0) is 43.6. The molecule has 5 aromatic carbocycles. The van der Waals surface area contributed by atoms with Crippen LogP contribution >= 0.6 is 0 Å². The van der Waals surface area contributed by atoms with Crippen LogP contribution in [0.15, 0.2) is 152 Å². The van der Waals surface area contributed by atoms with E-state index in [1.807, 2.05) is 144 Å². The number of para-hydroxylation sites is 1. The summed E-state index contributed by atoms with van der Waals surface area (Å²) >= 11 is 0. The molecule has 0 bridgehead atoms. The molecule has 3 N–H and O–H groups in total. The van der Waals surface area contributed by atoms with Gasteiger partial charge in [-0.15, -0.1) is 5.10 Å². The summed E-state index contributed by atoms with van der Waals surface area (Å²) < 4.78 is 14.2. The van der Waals surface area contributed by atoms with E-state index in [1.54, 1.807) is 16.9 Å². The van der Waals surface area contributed by atoms with Gasteiger partial charge >= 0.3 is 5.97 Å². The number of amides is 2. The van der Waals surface area contributed by atoms with E-state index in [0.29, 0.717) is 34.5 Å². The first-order chi connectivity index (χ1) is 31.4. The van der Waals surface area contributed by atoms with Crippen LogP contribution in [0, 0.1) is 17.8 Å². The predicted octanol–water partition coefficient (Wildman–Crippen LogP) is 5.88. The number of hydrogen-bond acceptors (Lipinski definition) is 10. The Morgan fingerprint density at radius 1 is 0.844 bits per heavy atom. The molecule has 6 atom stereocenters. The molecule has 318 valence electrons. The fraction of sp³-hybridized carbons (Fsp3) is 0.216. The van der Waals surface area contributed by atoms with Crippen LogP contribution in [0.1, 0.15) is 51.7 Å². The van der Waals surface area contributed by atoms with Gasteiger partial charge in [0, 0.05) is 36.1 Å². The second-order valence-corrected chi connectivity index (χ2v) is 16.0. The monoisotopic (exact) mass is 849 g/mol. The molecule has 0 unspecified atom stereocenters. The van der Waals surface area contributed by atoms with Crippen molar-refractivity contribution in [2.45, 2.75) is 42.6 Å². The van der Waals surface area contributed by atoms with E-state index in [4.69, 9.17) is 9.47 Å². The molecule has 13 heteroatoms. The van der Waals surface area contributed by atoms with Crippen LogP contribution in [0.2, 0.25) is 0 Å². The summed E-state index contributed by atoms with van der Waals surface area (Å²) in [6, 6.07) is 42.5. The zero-order valence-corrected chi connectivity index (χ0v) is 34.6. The highest BCUT2D eigenvalue weighted by Crippen LogP contribution is 2.65. The first kappa shape index (κ1) is 40.4. The Hall–Kier alpha value is -7.66. The lowest BCUT2D eigenvalue weighted by Crippen LogP contribution is -2.55. The van der Waals surface area contributed by atoms with Crippen molar-refractivity contribution in [3.8, 4) is 17.6 Å². The highest BCUT2D eigenvalue weighted by atomic mass is 16.6. The number of nitrogens with one attached hydrogen (secondary N) is 2. The largest absolute Gasteiger partial charge is 0.491 e. The molecule has 2 amide bonds. The van der Waals surface area contributed by atoms with Crippen LogP contribution in [-0.2, 0) is 37.5 Å². The topological polar surface area (TPSA) is 161 Å². The van der Waals surface area contributed by atoms with Gasteiger partial charge in [0.25, 0.3) is 0 Å². The quantitative estimate of drug-likeness (QED) is 0.106. The number of ether oxygens (including phenoxy) is 2. The van der Waals surface area contributed by atoms with E-state index in [-0.39, 0.29) is 26.3 Å². The molecular weight excluding hydrogens is 807 g/mol. The first-order valence-corrected chi connectivity index (χ1v) is 21.3. The molecule has 64 heavy (non-hydrogen) atoms. The summed E-state index contributed by atoms with van der Waals surface area (Å²) in [5, 5.41) is 24.6. The van der Waals surface area contributed by atoms with Crippen molar-refractivity contribution in [1.29, 1.82) is 0 Å². The Kier molecular flexibility index (Phi) is 10.9. The van der Waals surface area contributed by atoms with Gasteiger partial charge < -0.3 is 25.2 Å². The van der Waals surface area contributed by atoms with E-state index in [0.717, 1.165) is 27.9 Å². The van der Waals surface area contributed by atoms with Crippen molar-refractivity contribution in [2.75, 3.05) is 25.1 Å². The molecule has 0 aliphatic carbocycles. The Balaban J connectivity index is 1.17. The number of cyclic esters (lactones) is 1. The Morgan fingerprint density at radius 3 is 2.41 bits per heavy atom. The summed E-state index contributed by atoms with van der Waals surface area (Å²) in [7, 11) is 0. The Bertz CT molecular complexity index is 2920. The highest BCUT2D eigenvalue weighted by Gasteiger charge is 2.74. The minimum atomic E-state index is -1.72. The summed E-state index contributed by atoms with van der Waals surface area (Å²) in [6.45, 7) is 0.286. The van der Waals surface area contributed by atoms with E-state index in [2.05, 4.69) is 37.8 Å². The van der Waals surface area contributed by atoms with Gasteiger partial charge in [0.05, 0.1) is 30.1 Å². The predicted molar refractivity (Wildman–Crippen MR) is 237 cm³/mol. The third kappa shape index (κ3) is 7.12. The fourth-order valence-corrected chi connectivity index (χ4v) is 9.83. The molecule has 2 aromatic heterocycles. The second kappa shape index (κ2) is 17.2. The number of aliphatic hydroxyl groups is 1. The number of hydrogen-bond donors (Lipinski definition) is 3. The van der Waals surface area contributed by atoms with E-state index in [9.17, 15) is 5.11 Å². The molecule has 3 aliphatic heterocycles. The molecule has 7 aromatic rings. The molecule has 1 spiro atoms. The molecule has 10 rings (SSSR count). The molecule has 0 saturated carbocycles. The average molecular weight is 850 g/mol. The molecule has 2 saturated heterocycles. The number of carbonyl (C=O) groups is 3. The van der Waals surface area contributed by atoms with Crippen molar-refractivity contribution in [3.05, 3.63) is 185 Å². The first-order valence-electron chi connectivity index (χ1n) is 21.3. The van der Waals surface area contributed by atoms with Crippen molar-refractivity contribution < 1.29 is 29.0 Å². The molecular formula is C51H43N7O6. The maximum atomic E-state index is 15.6. The van der Waals surface area contributed by atoms with Crippen molar-refractivity contribution >= 4 is 34.5 Å². The number of benzene rings is 5. The van der Waals surface area contributed by atoms with Gasteiger partial charge in [-0.25, -0.2) is 4.68 Å². The van der Waals surface area contributed by atoms with Gasteiger partial charge in [-0.1, -0.05) is 108 Å². The van der Waals surface area contributed by atoms with Crippen LogP contribution in [0.5, 0.6) is 5.75 Å². The molecule has 13 nitrogen and oxygen atoms in total. The minimum Gasteiger partial charge on any atom is -0.491 e. The van der Waals surface area contributed by atoms with Crippen molar-refractivity contribution in [1.82, 2.24) is 30.2 Å². The number of carbonyl (C=O) groups excluding carboxylic acids is 3. The minimum absolute atomic E-state index is 0.0394. The van der Waals surface area contributed by atoms with Crippen LogP contribution in [0.25, 0.3) is 11.0 Å². The highest BCUT2D eigenvalue weighted by molar-refractivity contribution is 6.12. The van der Waals surface area contributed by atoms with Gasteiger partial charge in [-0.05, 0) is 76.9 Å². The van der Waals surface area contributed by atoms with Crippen molar-refractivity contribution in [3.63, 3.8) is 0 Å². The third-order valence-corrected chi connectivity index (χ3v) is 12.4. The number of morpholine rings is 1. The number of esters is 1. The third-order valence-electron chi connectivity index (χ3n) is 12.4. The molecule has 2 fully saturated rings. The Morgan fingerprint density at radius 2 is 1.61 bits per heavy atom. The second-order valence-electron chi connectivity index (χ2n) is 16.0. The number of pyridine rings is 1. The number of aromatic nitrogens is 4. The van der Waals surface area contributed by atoms with Crippen LogP contribution in [0.4, 0.5) is 5.69 Å². The lowest BCUT2D eigenvalue weighted by Gasteiger charge is -2.46. The average Bonchev–Trinajstić information content (AvgIpc) is 3.99. The van der Waals surface area contributed by atoms with Gasteiger partial charge in [-0.2, -0.15) is 0 Å². The molecule has 5 heterocycles. The number of aliphatic hydroxyl groups excluding tert-OH is 1. The summed E-state index contributed by atoms with van der Waals surface area (Å²) in [5.41, 5.74) is 4.51. The number of nitrogens with zero attached hydrogens (tertiary/aromatic N) is 5. The zero-order valence-electron chi connectivity index (χ0n) is 34.6. The van der Waals surface area contributed by atoms with Gasteiger partial charge in [0.2, 0.25) is 11.8 Å². The summed E-state index contributed by atoms with van der Waals surface area (Å²) in [6.07, 6.45) is 1.30. The lowest BCUT2D eigenvalue weighted by molar-refractivity contribution is -0.178. The number of fused-ring (bicyclic) bond motifs is 4. The maximum Gasteiger partial charge on any atom is 0.324 e. The van der Waals surface area contributed by atoms with Crippen LogP contribution < -0.4 is 15.4 Å². The smallest absolute Gasteiger partial charge is 0.324 e. The van der Waals surface area contributed by atoms with Gasteiger partial charge in [0.15, 0.2) is 0 Å². The van der Waals surface area contributed by atoms with Crippen LogP contribution in [0.3, 0.4) is 0 Å². The van der Waals surface area contributed by atoms with Gasteiger partial charge in [-0.3, -0.25) is 24.3 Å². The number of anilines is 1. The van der Waals surface area contributed by atoms with E-state index < -0.39 is 53.3 Å². The van der Waals surface area contributed by atoms with Crippen molar-refractivity contribution in [2.24, 2.45) is 5.92 Å². The molecule has 3 aliphatic rings. The molecule has 0 radical (unpaired) electrons. The van der Waals surface area contributed by atoms with Crippen LogP contribution in [-0.4, -0.2) is 73.6 Å².